The zero-order chi connectivity index (χ0) is 25.4. The normalized spacial score (nSPS) is 16.4. The van der Waals surface area contributed by atoms with E-state index in [0.29, 0.717) is 42.0 Å². The molecule has 6 nitrogen and oxygen atoms in total. The molecule has 0 saturated carbocycles. The highest BCUT2D eigenvalue weighted by molar-refractivity contribution is 5.89. The van der Waals surface area contributed by atoms with Crippen LogP contribution in [0.1, 0.15) is 29.8 Å². The molecule has 3 heterocycles. The molecule has 4 aromatic rings. The van der Waals surface area contributed by atoms with Gasteiger partial charge >= 0.3 is 0 Å². The van der Waals surface area contributed by atoms with E-state index in [1.165, 1.54) is 28.8 Å². The molecule has 0 radical (unpaired) electrons. The van der Waals surface area contributed by atoms with Crippen molar-refractivity contribution in [2.45, 2.75) is 19.0 Å². The van der Waals surface area contributed by atoms with Gasteiger partial charge in [-0.3, -0.25) is 9.69 Å². The van der Waals surface area contributed by atoms with Gasteiger partial charge in [0.25, 0.3) is 5.56 Å². The summed E-state index contributed by atoms with van der Waals surface area (Å²) in [6.07, 6.45) is 0. The summed E-state index contributed by atoms with van der Waals surface area (Å²) in [6, 6.07) is 19.7. The van der Waals surface area contributed by atoms with E-state index < -0.39 is 0 Å². The molecular formula is C28H25F2N5O. The zero-order valence-corrected chi connectivity index (χ0v) is 20.0. The second-order valence-electron chi connectivity index (χ2n) is 9.15. The molecular weight excluding hydrogens is 460 g/mol. The Kier molecular flexibility index (Phi) is 6.25. The first kappa shape index (κ1) is 23.6. The number of pyridine rings is 2. The van der Waals surface area contributed by atoms with Gasteiger partial charge < -0.3 is 9.47 Å². The van der Waals surface area contributed by atoms with Crippen molar-refractivity contribution in [2.75, 3.05) is 24.5 Å². The van der Waals surface area contributed by atoms with E-state index in [1.54, 1.807) is 49.5 Å². The summed E-state index contributed by atoms with van der Waals surface area (Å²) in [5.74, 6) is -0.617. The summed E-state index contributed by atoms with van der Waals surface area (Å²) in [5, 5.41) is 9.37. The Balaban J connectivity index is 1.51. The van der Waals surface area contributed by atoms with Gasteiger partial charge in [-0.25, -0.2) is 13.8 Å². The van der Waals surface area contributed by atoms with Crippen LogP contribution in [0.15, 0.2) is 71.5 Å². The van der Waals surface area contributed by atoms with E-state index in [1.807, 2.05) is 0 Å². The number of piperazine rings is 1. The van der Waals surface area contributed by atoms with Crippen molar-refractivity contribution in [1.29, 1.82) is 5.26 Å². The molecule has 1 aliphatic heterocycles. The van der Waals surface area contributed by atoms with Crippen LogP contribution in [0.2, 0.25) is 0 Å². The molecule has 2 aromatic heterocycles. The Morgan fingerprint density at radius 1 is 0.972 bits per heavy atom. The van der Waals surface area contributed by atoms with Gasteiger partial charge in [-0.05, 0) is 54.4 Å². The number of aromatic nitrogens is 2. The van der Waals surface area contributed by atoms with Gasteiger partial charge in [0, 0.05) is 38.8 Å². The molecule has 0 amide bonds. The zero-order valence-electron chi connectivity index (χ0n) is 20.0. The van der Waals surface area contributed by atoms with E-state index in [0.717, 1.165) is 11.1 Å². The van der Waals surface area contributed by atoms with Crippen LogP contribution in [0.4, 0.5) is 14.5 Å². The number of aryl methyl sites for hydroxylation is 1. The smallest absolute Gasteiger partial charge is 0.252 e. The lowest BCUT2D eigenvalue weighted by atomic mass is 9.95. The maximum Gasteiger partial charge on any atom is 0.252 e. The molecule has 1 fully saturated rings. The maximum absolute atomic E-state index is 13.7. The minimum absolute atomic E-state index is 0.00462. The third-order valence-corrected chi connectivity index (χ3v) is 6.89. The SMILES string of the molecule is C[C@H]1CN(C(c2ccc(F)cc2)c2ccc(F)cc2)CCN1c1cc(=O)n(C)c2ccc(C#N)nc12. The number of fused-ring (bicyclic) bond motifs is 1. The first-order chi connectivity index (χ1) is 17.4. The molecule has 0 bridgehead atoms. The van der Waals surface area contributed by atoms with Crippen LogP contribution >= 0.6 is 0 Å². The number of hydrogen-bond acceptors (Lipinski definition) is 5. The van der Waals surface area contributed by atoms with Crippen LogP contribution in [-0.2, 0) is 7.05 Å². The van der Waals surface area contributed by atoms with E-state index in [4.69, 9.17) is 0 Å². The van der Waals surface area contributed by atoms with Gasteiger partial charge in [-0.1, -0.05) is 24.3 Å². The number of rotatable bonds is 4. The minimum Gasteiger partial charge on any atom is -0.364 e. The monoisotopic (exact) mass is 485 g/mol. The molecule has 8 heteroatoms. The predicted molar refractivity (Wildman–Crippen MR) is 135 cm³/mol. The summed E-state index contributed by atoms with van der Waals surface area (Å²) in [5.41, 5.74) is 3.98. The summed E-state index contributed by atoms with van der Waals surface area (Å²) in [7, 11) is 1.69. The van der Waals surface area contributed by atoms with Crippen LogP contribution in [0.5, 0.6) is 0 Å². The Labute approximate surface area is 207 Å². The molecule has 0 spiro atoms. The Hall–Kier alpha value is -4.09. The number of nitrogens with zero attached hydrogens (tertiary/aromatic N) is 5. The van der Waals surface area contributed by atoms with E-state index >= 15 is 0 Å². The maximum atomic E-state index is 13.7. The van der Waals surface area contributed by atoms with Crippen LogP contribution in [0, 0.1) is 23.0 Å². The number of hydrogen-bond donors (Lipinski definition) is 0. The highest BCUT2D eigenvalue weighted by atomic mass is 19.1. The molecule has 0 aliphatic carbocycles. The van der Waals surface area contributed by atoms with E-state index in [-0.39, 0.29) is 29.3 Å². The molecule has 5 rings (SSSR count). The highest BCUT2D eigenvalue weighted by Gasteiger charge is 2.32. The lowest BCUT2D eigenvalue weighted by molar-refractivity contribution is 0.188. The fourth-order valence-corrected chi connectivity index (χ4v) is 5.08. The number of nitriles is 1. The average Bonchev–Trinajstić information content (AvgIpc) is 2.88. The first-order valence-electron chi connectivity index (χ1n) is 11.8. The standard InChI is InChI=1S/C28H25F2N5O/c1-18-17-34(28(19-3-7-21(29)8-4-19)20-5-9-22(30)10-6-20)13-14-35(18)25-15-26(36)33(2)24-12-11-23(16-31)32-27(24)25/h3-12,15,18,28H,13-14,17H2,1-2H3/t18-/m0/s1. The number of benzene rings is 2. The average molecular weight is 486 g/mol. The van der Waals surface area contributed by atoms with Crippen LogP contribution in [0.25, 0.3) is 11.0 Å². The fraction of sp³-hybridized carbons (Fsp3) is 0.250. The van der Waals surface area contributed by atoms with Gasteiger partial charge in [0.05, 0.1) is 17.2 Å². The van der Waals surface area contributed by atoms with Crippen molar-refractivity contribution in [3.8, 4) is 6.07 Å². The molecule has 1 saturated heterocycles. The number of anilines is 1. The van der Waals surface area contributed by atoms with Crippen molar-refractivity contribution in [3.05, 3.63) is 106 Å². The van der Waals surface area contributed by atoms with E-state index in [2.05, 4.69) is 27.8 Å². The topological polar surface area (TPSA) is 65.2 Å². The van der Waals surface area contributed by atoms with Gasteiger partial charge in [0.1, 0.15) is 28.9 Å². The third-order valence-electron chi connectivity index (χ3n) is 6.89. The second-order valence-corrected chi connectivity index (χ2v) is 9.15. The molecule has 36 heavy (non-hydrogen) atoms. The molecule has 0 unspecified atom stereocenters. The largest absolute Gasteiger partial charge is 0.364 e. The van der Waals surface area contributed by atoms with Crippen LogP contribution in [-0.4, -0.2) is 40.1 Å². The van der Waals surface area contributed by atoms with Crippen molar-refractivity contribution >= 4 is 16.7 Å². The van der Waals surface area contributed by atoms with Crippen molar-refractivity contribution in [2.24, 2.45) is 7.05 Å². The van der Waals surface area contributed by atoms with Crippen molar-refractivity contribution in [3.63, 3.8) is 0 Å². The first-order valence-corrected chi connectivity index (χ1v) is 11.8. The van der Waals surface area contributed by atoms with Gasteiger partial charge in [0.15, 0.2) is 0 Å². The predicted octanol–water partition coefficient (Wildman–Crippen LogP) is 4.38. The lowest BCUT2D eigenvalue weighted by Crippen LogP contribution is -2.53. The molecule has 0 N–H and O–H groups in total. The lowest BCUT2D eigenvalue weighted by Gasteiger charge is -2.44. The fourth-order valence-electron chi connectivity index (χ4n) is 5.08. The molecule has 1 atom stereocenters. The summed E-state index contributed by atoms with van der Waals surface area (Å²) < 4.78 is 28.9. The summed E-state index contributed by atoms with van der Waals surface area (Å²) >= 11 is 0. The summed E-state index contributed by atoms with van der Waals surface area (Å²) in [4.78, 5) is 21.7. The minimum atomic E-state index is -0.309. The highest BCUT2D eigenvalue weighted by Crippen LogP contribution is 2.33. The molecule has 2 aromatic carbocycles. The summed E-state index contributed by atoms with van der Waals surface area (Å²) in [6.45, 7) is 3.99. The second kappa shape index (κ2) is 9.51. The van der Waals surface area contributed by atoms with Crippen molar-refractivity contribution < 1.29 is 8.78 Å². The van der Waals surface area contributed by atoms with Gasteiger partial charge in [-0.15, -0.1) is 0 Å². The van der Waals surface area contributed by atoms with Crippen LogP contribution in [0.3, 0.4) is 0 Å². The quantitative estimate of drug-likeness (QED) is 0.429. The Bertz CT molecular complexity index is 1460. The van der Waals surface area contributed by atoms with Crippen LogP contribution < -0.4 is 10.5 Å². The van der Waals surface area contributed by atoms with Gasteiger partial charge in [-0.2, -0.15) is 5.26 Å². The third kappa shape index (κ3) is 4.34. The molecule has 182 valence electrons. The van der Waals surface area contributed by atoms with Crippen molar-refractivity contribution in [1.82, 2.24) is 14.5 Å². The number of halogens is 2. The Morgan fingerprint density at radius 3 is 2.14 bits per heavy atom. The molecule has 1 aliphatic rings. The van der Waals surface area contributed by atoms with Gasteiger partial charge in [0.2, 0.25) is 0 Å². The van der Waals surface area contributed by atoms with E-state index in [9.17, 15) is 18.8 Å². The Morgan fingerprint density at radius 2 is 1.58 bits per heavy atom.